The van der Waals surface area contributed by atoms with Crippen LogP contribution in [0.5, 0.6) is 11.5 Å². The third-order valence-corrected chi connectivity index (χ3v) is 4.35. The van der Waals surface area contributed by atoms with Crippen molar-refractivity contribution in [3.8, 4) is 11.5 Å². The zero-order valence-electron chi connectivity index (χ0n) is 13.1. The predicted octanol–water partition coefficient (Wildman–Crippen LogP) is 3.59. The fraction of sp³-hybridized carbons (Fsp3) is 0.438. The van der Waals surface area contributed by atoms with Gasteiger partial charge in [-0.1, -0.05) is 13.8 Å². The van der Waals surface area contributed by atoms with Crippen LogP contribution in [0.2, 0.25) is 0 Å². The third kappa shape index (κ3) is 3.36. The van der Waals surface area contributed by atoms with Crippen LogP contribution in [-0.4, -0.2) is 26.3 Å². The van der Waals surface area contributed by atoms with Crippen molar-refractivity contribution in [1.29, 1.82) is 0 Å². The summed E-state index contributed by atoms with van der Waals surface area (Å²) in [7, 11) is 5.26. The molecule has 5 heteroatoms. The van der Waals surface area contributed by atoms with Crippen molar-refractivity contribution in [2.45, 2.75) is 25.8 Å². The average Bonchev–Trinajstić information content (AvgIpc) is 2.98. The molecule has 1 aromatic carbocycles. The van der Waals surface area contributed by atoms with Crippen LogP contribution in [0.3, 0.4) is 0 Å². The first kappa shape index (κ1) is 15.8. The smallest absolute Gasteiger partial charge is 0.127 e. The second-order valence-corrected chi connectivity index (χ2v) is 5.98. The molecule has 0 fully saturated rings. The maximum Gasteiger partial charge on any atom is 0.127 e. The number of nitrogens with zero attached hydrogens (tertiary/aromatic N) is 1. The summed E-state index contributed by atoms with van der Waals surface area (Å²) in [5.41, 5.74) is 2.19. The normalized spacial score (nSPS) is 12.5. The molecule has 1 heterocycles. The summed E-state index contributed by atoms with van der Waals surface area (Å²) in [6.07, 6.45) is 0. The van der Waals surface area contributed by atoms with Gasteiger partial charge in [-0.2, -0.15) is 0 Å². The number of ether oxygens (including phenoxy) is 2. The number of hydrogen-bond acceptors (Lipinski definition) is 5. The van der Waals surface area contributed by atoms with E-state index < -0.39 is 0 Å². The van der Waals surface area contributed by atoms with Crippen molar-refractivity contribution in [2.24, 2.45) is 0 Å². The Morgan fingerprint density at radius 1 is 1.19 bits per heavy atom. The van der Waals surface area contributed by atoms with Crippen LogP contribution in [0.4, 0.5) is 0 Å². The summed E-state index contributed by atoms with van der Waals surface area (Å²) in [5, 5.41) is 6.50. The molecule has 0 aliphatic carbocycles. The number of thiazole rings is 1. The molecule has 0 radical (unpaired) electrons. The first-order chi connectivity index (χ1) is 10.1. The van der Waals surface area contributed by atoms with Crippen LogP contribution in [-0.2, 0) is 0 Å². The van der Waals surface area contributed by atoms with Gasteiger partial charge in [0.05, 0.1) is 26.0 Å². The molecule has 0 saturated heterocycles. The maximum atomic E-state index is 5.50. The quantitative estimate of drug-likeness (QED) is 0.885. The van der Waals surface area contributed by atoms with Crippen molar-refractivity contribution in [2.75, 3.05) is 21.3 Å². The van der Waals surface area contributed by atoms with E-state index in [4.69, 9.17) is 14.5 Å². The lowest BCUT2D eigenvalue weighted by Crippen LogP contribution is -2.18. The lowest BCUT2D eigenvalue weighted by molar-refractivity contribution is 0.388. The van der Waals surface area contributed by atoms with Gasteiger partial charge in [0.1, 0.15) is 16.5 Å². The van der Waals surface area contributed by atoms with Gasteiger partial charge in [-0.05, 0) is 25.1 Å². The molecule has 2 rings (SSSR count). The average molecular weight is 306 g/mol. The Balaban J connectivity index is 2.40. The van der Waals surface area contributed by atoms with Gasteiger partial charge in [-0.25, -0.2) is 4.98 Å². The second-order valence-electron chi connectivity index (χ2n) is 5.09. The van der Waals surface area contributed by atoms with E-state index >= 15 is 0 Å². The van der Waals surface area contributed by atoms with Gasteiger partial charge in [0.2, 0.25) is 0 Å². The summed E-state index contributed by atoms with van der Waals surface area (Å²) in [5.74, 6) is 2.02. The van der Waals surface area contributed by atoms with Crippen LogP contribution < -0.4 is 14.8 Å². The molecule has 1 atom stereocenters. The zero-order chi connectivity index (χ0) is 15.4. The van der Waals surface area contributed by atoms with Crippen LogP contribution in [0.15, 0.2) is 23.6 Å². The highest BCUT2D eigenvalue weighted by Gasteiger charge is 2.21. The van der Waals surface area contributed by atoms with Gasteiger partial charge in [0, 0.05) is 17.0 Å². The molecule has 2 aromatic rings. The van der Waals surface area contributed by atoms with Crippen LogP contribution in [0.1, 0.15) is 42.1 Å². The molecule has 0 aliphatic rings. The molecule has 4 nitrogen and oxygen atoms in total. The summed E-state index contributed by atoms with van der Waals surface area (Å²) in [6.45, 7) is 4.31. The number of rotatable bonds is 6. The topological polar surface area (TPSA) is 43.4 Å². The van der Waals surface area contributed by atoms with Gasteiger partial charge in [-0.3, -0.25) is 0 Å². The Labute approximate surface area is 130 Å². The zero-order valence-corrected chi connectivity index (χ0v) is 14.0. The van der Waals surface area contributed by atoms with E-state index in [0.29, 0.717) is 5.92 Å². The fourth-order valence-corrected chi connectivity index (χ4v) is 3.27. The molecular weight excluding hydrogens is 284 g/mol. The van der Waals surface area contributed by atoms with Crippen molar-refractivity contribution in [1.82, 2.24) is 10.3 Å². The summed E-state index contributed by atoms with van der Waals surface area (Å²) in [6, 6.07) is 5.88. The monoisotopic (exact) mass is 306 g/mol. The SMILES string of the molecule is CNC(c1nc(C(C)C)cs1)c1ccc(OC)cc1OC. The highest BCUT2D eigenvalue weighted by Crippen LogP contribution is 2.34. The molecule has 0 aliphatic heterocycles. The molecule has 0 saturated carbocycles. The summed E-state index contributed by atoms with van der Waals surface area (Å²) in [4.78, 5) is 4.74. The second kappa shape index (κ2) is 6.91. The van der Waals surface area contributed by atoms with Crippen molar-refractivity contribution < 1.29 is 9.47 Å². The maximum absolute atomic E-state index is 5.50. The largest absolute Gasteiger partial charge is 0.497 e. The first-order valence-electron chi connectivity index (χ1n) is 6.95. The number of aromatic nitrogens is 1. The van der Waals surface area contributed by atoms with Gasteiger partial charge < -0.3 is 14.8 Å². The van der Waals surface area contributed by atoms with Crippen molar-refractivity contribution >= 4 is 11.3 Å². The Morgan fingerprint density at radius 2 is 1.95 bits per heavy atom. The number of benzene rings is 1. The molecule has 0 spiro atoms. The molecule has 0 bridgehead atoms. The van der Waals surface area contributed by atoms with E-state index in [1.54, 1.807) is 25.6 Å². The molecule has 21 heavy (non-hydrogen) atoms. The van der Waals surface area contributed by atoms with E-state index in [-0.39, 0.29) is 6.04 Å². The van der Waals surface area contributed by atoms with E-state index in [0.717, 1.165) is 27.8 Å². The third-order valence-electron chi connectivity index (χ3n) is 3.42. The number of nitrogens with one attached hydrogen (secondary N) is 1. The Bertz CT molecular complexity index is 596. The Morgan fingerprint density at radius 3 is 2.48 bits per heavy atom. The van der Waals surface area contributed by atoms with E-state index in [1.807, 2.05) is 25.2 Å². The highest BCUT2D eigenvalue weighted by molar-refractivity contribution is 7.09. The molecule has 1 N–H and O–H groups in total. The molecular formula is C16H22N2O2S. The van der Waals surface area contributed by atoms with E-state index in [2.05, 4.69) is 24.5 Å². The Hall–Kier alpha value is -1.59. The van der Waals surface area contributed by atoms with Crippen molar-refractivity contribution in [3.63, 3.8) is 0 Å². The van der Waals surface area contributed by atoms with Crippen LogP contribution >= 0.6 is 11.3 Å². The van der Waals surface area contributed by atoms with Crippen LogP contribution in [0.25, 0.3) is 0 Å². The predicted molar refractivity (Wildman–Crippen MR) is 86.7 cm³/mol. The lowest BCUT2D eigenvalue weighted by Gasteiger charge is -2.18. The van der Waals surface area contributed by atoms with Gasteiger partial charge in [-0.15, -0.1) is 11.3 Å². The lowest BCUT2D eigenvalue weighted by atomic mass is 10.1. The van der Waals surface area contributed by atoms with Crippen LogP contribution in [0, 0.1) is 0 Å². The van der Waals surface area contributed by atoms with E-state index in [1.165, 1.54) is 0 Å². The van der Waals surface area contributed by atoms with Gasteiger partial charge >= 0.3 is 0 Å². The standard InChI is InChI=1S/C16H22N2O2S/c1-10(2)13-9-21-16(18-13)15(17-3)12-7-6-11(19-4)8-14(12)20-5/h6-10,15,17H,1-5H3. The molecule has 0 amide bonds. The molecule has 1 unspecified atom stereocenters. The molecule has 114 valence electrons. The highest BCUT2D eigenvalue weighted by atomic mass is 32.1. The van der Waals surface area contributed by atoms with Gasteiger partial charge in [0.15, 0.2) is 0 Å². The minimum absolute atomic E-state index is 0.0170. The Kier molecular flexibility index (Phi) is 5.20. The summed E-state index contributed by atoms with van der Waals surface area (Å²) >= 11 is 1.67. The van der Waals surface area contributed by atoms with E-state index in [9.17, 15) is 0 Å². The fourth-order valence-electron chi connectivity index (χ4n) is 2.17. The minimum atomic E-state index is 0.0170. The minimum Gasteiger partial charge on any atom is -0.497 e. The summed E-state index contributed by atoms with van der Waals surface area (Å²) < 4.78 is 10.8. The number of methoxy groups -OCH3 is 2. The number of hydrogen-bond donors (Lipinski definition) is 1. The van der Waals surface area contributed by atoms with Gasteiger partial charge in [0.25, 0.3) is 0 Å². The van der Waals surface area contributed by atoms with Crippen molar-refractivity contribution in [3.05, 3.63) is 39.8 Å². The first-order valence-corrected chi connectivity index (χ1v) is 7.83. The molecule has 1 aromatic heterocycles.